The molecule has 4 rings (SSSR count). The van der Waals surface area contributed by atoms with E-state index in [1.54, 1.807) is 20.4 Å². The lowest BCUT2D eigenvalue weighted by Crippen LogP contribution is -2.23. The lowest BCUT2D eigenvalue weighted by atomic mass is 10.1. The van der Waals surface area contributed by atoms with E-state index in [1.165, 1.54) is 0 Å². The number of methoxy groups -OCH3 is 2. The summed E-state index contributed by atoms with van der Waals surface area (Å²) in [5, 5.41) is 0. The van der Waals surface area contributed by atoms with Gasteiger partial charge in [-0.05, 0) is 53.1 Å². The van der Waals surface area contributed by atoms with Gasteiger partial charge in [0.15, 0.2) is 0 Å². The molecule has 0 saturated carbocycles. The molecule has 0 aliphatic heterocycles. The lowest BCUT2D eigenvalue weighted by Gasteiger charge is -2.24. The van der Waals surface area contributed by atoms with Gasteiger partial charge in [-0.15, -0.1) is 0 Å². The number of benzene rings is 3. The predicted molar refractivity (Wildman–Crippen MR) is 153 cm³/mol. The summed E-state index contributed by atoms with van der Waals surface area (Å²) in [5.41, 5.74) is 3.41. The van der Waals surface area contributed by atoms with E-state index < -0.39 is 0 Å². The molecule has 1 aromatic heterocycles. The number of rotatable bonds is 16. The number of hydrogen-bond donors (Lipinski definition) is 0. The number of ether oxygens (including phenoxy) is 5. The van der Waals surface area contributed by atoms with Crippen molar-refractivity contribution in [2.45, 2.75) is 19.7 Å². The Morgan fingerprint density at radius 2 is 1.21 bits per heavy atom. The van der Waals surface area contributed by atoms with Crippen LogP contribution in [-0.4, -0.2) is 45.6 Å². The molecule has 0 spiro atoms. The summed E-state index contributed by atoms with van der Waals surface area (Å²) in [7, 11) is 3.36. The van der Waals surface area contributed by atoms with E-state index in [0.717, 1.165) is 34.0 Å². The Balaban J connectivity index is 1.28. The van der Waals surface area contributed by atoms with Crippen LogP contribution >= 0.6 is 0 Å². The summed E-state index contributed by atoms with van der Waals surface area (Å²) < 4.78 is 27.9. The largest absolute Gasteiger partial charge is 0.497 e. The van der Waals surface area contributed by atoms with Gasteiger partial charge in [0.1, 0.15) is 29.7 Å². The number of aromatic nitrogens is 1. The highest BCUT2D eigenvalue weighted by Crippen LogP contribution is 2.23. The summed E-state index contributed by atoms with van der Waals surface area (Å²) in [5.74, 6) is 3.20. The molecule has 0 N–H and O–H groups in total. The zero-order valence-electron chi connectivity index (χ0n) is 22.6. The van der Waals surface area contributed by atoms with Crippen LogP contribution in [0, 0.1) is 0 Å². The Bertz CT molecular complexity index is 1200. The maximum absolute atomic E-state index is 5.83. The van der Waals surface area contributed by atoms with Crippen LogP contribution in [0.5, 0.6) is 17.2 Å². The maximum atomic E-state index is 5.83. The second-order valence-corrected chi connectivity index (χ2v) is 8.91. The van der Waals surface area contributed by atoms with Crippen molar-refractivity contribution < 1.29 is 23.7 Å². The minimum Gasteiger partial charge on any atom is -0.497 e. The summed E-state index contributed by atoms with van der Waals surface area (Å²) >= 11 is 0. The Morgan fingerprint density at radius 3 is 1.82 bits per heavy atom. The minimum atomic E-state index is 0.442. The molecule has 0 radical (unpaired) electrons. The molecule has 0 aliphatic rings. The number of pyridine rings is 1. The number of anilines is 1. The van der Waals surface area contributed by atoms with Gasteiger partial charge in [0.05, 0.1) is 46.8 Å². The molecule has 3 aromatic carbocycles. The first-order chi connectivity index (χ1) is 19.2. The van der Waals surface area contributed by atoms with Crippen molar-refractivity contribution in [3.05, 3.63) is 114 Å². The molecule has 1 heterocycles. The van der Waals surface area contributed by atoms with E-state index in [9.17, 15) is 0 Å². The van der Waals surface area contributed by atoms with Crippen LogP contribution < -0.4 is 19.1 Å². The van der Waals surface area contributed by atoms with Crippen LogP contribution in [0.4, 0.5) is 5.82 Å². The third-order valence-corrected chi connectivity index (χ3v) is 6.04. The van der Waals surface area contributed by atoms with Gasteiger partial charge in [0.2, 0.25) is 0 Å². The van der Waals surface area contributed by atoms with Gasteiger partial charge in [-0.2, -0.15) is 0 Å². The van der Waals surface area contributed by atoms with Gasteiger partial charge in [-0.1, -0.05) is 54.6 Å². The molecule has 0 amide bonds. The summed E-state index contributed by atoms with van der Waals surface area (Å²) in [6.07, 6.45) is 1.75. The monoisotopic (exact) mass is 528 g/mol. The van der Waals surface area contributed by atoms with Crippen molar-refractivity contribution in [1.29, 1.82) is 0 Å². The first kappa shape index (κ1) is 28.0. The second-order valence-electron chi connectivity index (χ2n) is 8.91. The normalized spacial score (nSPS) is 10.7. The molecule has 0 unspecified atom stereocenters. The third-order valence-electron chi connectivity index (χ3n) is 6.04. The van der Waals surface area contributed by atoms with E-state index in [4.69, 9.17) is 28.7 Å². The fourth-order valence-electron chi connectivity index (χ4n) is 4.05. The van der Waals surface area contributed by atoms with Crippen LogP contribution in [0.15, 0.2) is 97.2 Å². The number of nitrogens with zero attached hydrogens (tertiary/aromatic N) is 2. The standard InChI is InChI=1S/C32H36N2O5/c1-35-29-12-6-10-27(20-29)23-34(24-28-11-7-13-30(21-28)36-2)32-15-14-31(22-33-32)39-19-18-37-16-17-38-25-26-8-4-3-5-9-26/h3-15,20-22H,16-19,23-25H2,1-2H3. The Labute approximate surface area is 230 Å². The fraction of sp³-hybridized carbons (Fsp3) is 0.281. The fourth-order valence-corrected chi connectivity index (χ4v) is 4.05. The van der Waals surface area contributed by atoms with Crippen molar-refractivity contribution in [3.8, 4) is 17.2 Å². The Hall–Kier alpha value is -4.07. The zero-order chi connectivity index (χ0) is 27.1. The summed E-state index contributed by atoms with van der Waals surface area (Å²) in [6.45, 7) is 3.92. The molecule has 7 nitrogen and oxygen atoms in total. The molecule has 0 fully saturated rings. The zero-order valence-corrected chi connectivity index (χ0v) is 22.6. The van der Waals surface area contributed by atoms with Gasteiger partial charge >= 0.3 is 0 Å². The minimum absolute atomic E-state index is 0.442. The highest BCUT2D eigenvalue weighted by molar-refractivity contribution is 5.44. The topological polar surface area (TPSA) is 62.3 Å². The van der Waals surface area contributed by atoms with Crippen LogP contribution in [0.25, 0.3) is 0 Å². The summed E-state index contributed by atoms with van der Waals surface area (Å²) in [4.78, 5) is 6.92. The Kier molecular flexibility index (Phi) is 11.0. The summed E-state index contributed by atoms with van der Waals surface area (Å²) in [6, 6.07) is 30.2. The maximum Gasteiger partial charge on any atom is 0.137 e. The number of hydrogen-bond acceptors (Lipinski definition) is 7. The van der Waals surface area contributed by atoms with Crippen LogP contribution in [0.3, 0.4) is 0 Å². The average molecular weight is 529 g/mol. The highest BCUT2D eigenvalue weighted by atomic mass is 16.5. The molecule has 4 aromatic rings. The lowest BCUT2D eigenvalue weighted by molar-refractivity contribution is 0.0303. The van der Waals surface area contributed by atoms with E-state index in [0.29, 0.717) is 51.9 Å². The smallest absolute Gasteiger partial charge is 0.137 e. The van der Waals surface area contributed by atoms with Crippen molar-refractivity contribution in [1.82, 2.24) is 4.98 Å². The SMILES string of the molecule is COc1cccc(CN(Cc2cccc(OC)c2)c2ccc(OCCOCCOCc3ccccc3)cn2)c1. The van der Waals surface area contributed by atoms with Crippen LogP contribution in [0.2, 0.25) is 0 Å². The molecule has 39 heavy (non-hydrogen) atoms. The van der Waals surface area contributed by atoms with E-state index in [1.807, 2.05) is 78.9 Å². The molecular weight excluding hydrogens is 492 g/mol. The second kappa shape index (κ2) is 15.4. The molecule has 0 saturated heterocycles. The molecule has 0 atom stereocenters. The molecular formula is C32H36N2O5. The quantitative estimate of drug-likeness (QED) is 0.167. The van der Waals surface area contributed by atoms with Crippen molar-refractivity contribution in [2.24, 2.45) is 0 Å². The van der Waals surface area contributed by atoms with E-state index in [2.05, 4.69) is 17.0 Å². The highest BCUT2D eigenvalue weighted by Gasteiger charge is 2.12. The molecule has 204 valence electrons. The van der Waals surface area contributed by atoms with E-state index in [-0.39, 0.29) is 0 Å². The molecule has 7 heteroatoms. The molecule has 0 bridgehead atoms. The Morgan fingerprint density at radius 1 is 0.590 bits per heavy atom. The van der Waals surface area contributed by atoms with Crippen molar-refractivity contribution in [3.63, 3.8) is 0 Å². The van der Waals surface area contributed by atoms with Crippen molar-refractivity contribution >= 4 is 5.82 Å². The predicted octanol–water partition coefficient (Wildman–Crippen LogP) is 5.92. The molecule has 0 aliphatic carbocycles. The van der Waals surface area contributed by atoms with Gasteiger partial charge < -0.3 is 28.6 Å². The van der Waals surface area contributed by atoms with Gasteiger partial charge in [0, 0.05) is 13.1 Å². The average Bonchev–Trinajstić information content (AvgIpc) is 2.99. The van der Waals surface area contributed by atoms with Gasteiger partial charge in [0.25, 0.3) is 0 Å². The first-order valence-corrected chi connectivity index (χ1v) is 13.0. The van der Waals surface area contributed by atoms with Gasteiger partial charge in [-0.25, -0.2) is 4.98 Å². The van der Waals surface area contributed by atoms with Crippen LogP contribution in [0.1, 0.15) is 16.7 Å². The van der Waals surface area contributed by atoms with Crippen LogP contribution in [-0.2, 0) is 29.2 Å². The third kappa shape index (κ3) is 9.32. The first-order valence-electron chi connectivity index (χ1n) is 13.0. The van der Waals surface area contributed by atoms with E-state index >= 15 is 0 Å². The van der Waals surface area contributed by atoms with Gasteiger partial charge in [-0.3, -0.25) is 0 Å². The van der Waals surface area contributed by atoms with Crippen molar-refractivity contribution in [2.75, 3.05) is 45.5 Å².